The lowest BCUT2D eigenvalue weighted by molar-refractivity contribution is -0.0913. The topological polar surface area (TPSA) is 57.6 Å². The zero-order chi connectivity index (χ0) is 29.0. The summed E-state index contributed by atoms with van der Waals surface area (Å²) >= 11 is 1.31. The maximum Gasteiger partial charge on any atom is 0.417 e. The van der Waals surface area contributed by atoms with Gasteiger partial charge in [0.2, 0.25) is 0 Å². The Kier molecular flexibility index (Phi) is 9.69. The van der Waals surface area contributed by atoms with Crippen LogP contribution in [0.2, 0.25) is 0 Å². The highest BCUT2D eigenvalue weighted by Gasteiger charge is 2.47. The molecule has 5 nitrogen and oxygen atoms in total. The van der Waals surface area contributed by atoms with Crippen molar-refractivity contribution >= 4 is 23.5 Å². The number of rotatable bonds is 8. The second kappa shape index (κ2) is 12.4. The fourth-order valence-corrected chi connectivity index (χ4v) is 5.41. The largest absolute Gasteiger partial charge is 0.417 e. The van der Waals surface area contributed by atoms with Crippen molar-refractivity contribution in [3.05, 3.63) is 64.1 Å². The SMILES string of the molecule is C\C=C(/C=N\C(NCC1C(C)CC(F)(F)CN1C(=O)c1nc(C)sc1-c1ccccc1)=C(\C)CC)C(F)(F)F. The van der Waals surface area contributed by atoms with Gasteiger partial charge in [0.05, 0.1) is 28.0 Å². The van der Waals surface area contributed by atoms with Crippen molar-refractivity contribution in [1.82, 2.24) is 15.2 Å². The second-order valence-corrected chi connectivity index (χ2v) is 10.9. The Morgan fingerprint density at radius 1 is 1.28 bits per heavy atom. The van der Waals surface area contributed by atoms with Crippen LogP contribution in [-0.2, 0) is 0 Å². The molecule has 0 spiro atoms. The first-order chi connectivity index (χ1) is 18.3. The summed E-state index contributed by atoms with van der Waals surface area (Å²) in [7, 11) is 0. The second-order valence-electron chi connectivity index (χ2n) is 9.68. The number of hydrogen-bond donors (Lipinski definition) is 1. The van der Waals surface area contributed by atoms with Gasteiger partial charge in [-0.3, -0.25) is 4.79 Å². The normalized spacial score (nSPS) is 20.8. The minimum atomic E-state index is -4.56. The molecule has 0 bridgehead atoms. The molecule has 1 aliphatic rings. The predicted molar refractivity (Wildman–Crippen MR) is 145 cm³/mol. The van der Waals surface area contributed by atoms with Gasteiger partial charge >= 0.3 is 6.18 Å². The molecular formula is C28H33F5N4OS. The van der Waals surface area contributed by atoms with E-state index in [-0.39, 0.29) is 18.1 Å². The number of alkyl halides is 5. The van der Waals surface area contributed by atoms with Gasteiger partial charge in [-0.05, 0) is 44.2 Å². The van der Waals surface area contributed by atoms with Crippen molar-refractivity contribution in [1.29, 1.82) is 0 Å². The van der Waals surface area contributed by atoms with E-state index in [1.807, 2.05) is 37.3 Å². The molecule has 39 heavy (non-hydrogen) atoms. The van der Waals surface area contributed by atoms with Crippen molar-refractivity contribution in [2.24, 2.45) is 10.9 Å². The molecule has 3 rings (SSSR count). The van der Waals surface area contributed by atoms with Gasteiger partial charge in [0.25, 0.3) is 11.8 Å². The van der Waals surface area contributed by atoms with Gasteiger partial charge in [-0.15, -0.1) is 11.3 Å². The third-order valence-electron chi connectivity index (χ3n) is 6.70. The Labute approximate surface area is 229 Å². The van der Waals surface area contributed by atoms with Gasteiger partial charge in [-0.25, -0.2) is 18.8 Å². The van der Waals surface area contributed by atoms with Gasteiger partial charge in [0.15, 0.2) is 0 Å². The van der Waals surface area contributed by atoms with Crippen LogP contribution < -0.4 is 5.32 Å². The number of hydrogen-bond acceptors (Lipinski definition) is 5. The molecule has 11 heteroatoms. The van der Waals surface area contributed by atoms with Gasteiger partial charge < -0.3 is 10.2 Å². The first-order valence-electron chi connectivity index (χ1n) is 12.7. The molecule has 0 radical (unpaired) electrons. The standard InChI is InChI=1S/C28H33F5N4OS/c1-6-17(3)25(34-14-21(7-2)28(31,32)33)35-15-22-18(4)13-27(29,30)16-37(22)26(38)23-24(39-19(5)36-23)20-11-9-8-10-12-20/h7-12,14,18,22,35H,6,13,15-16H2,1-5H3/b21-7+,25-17+,34-14-. The number of amides is 1. The van der Waals surface area contributed by atoms with E-state index in [2.05, 4.69) is 15.3 Å². The lowest BCUT2D eigenvalue weighted by Gasteiger charge is -2.43. The van der Waals surface area contributed by atoms with Crippen LogP contribution in [0, 0.1) is 12.8 Å². The molecule has 0 saturated carbocycles. The number of piperidine rings is 1. The number of aliphatic imine (C=N–C) groups is 1. The third kappa shape index (κ3) is 7.52. The Morgan fingerprint density at radius 3 is 2.54 bits per heavy atom. The first-order valence-corrected chi connectivity index (χ1v) is 13.5. The Balaban J connectivity index is 1.93. The molecule has 1 aliphatic heterocycles. The molecule has 1 saturated heterocycles. The quantitative estimate of drug-likeness (QED) is 0.266. The average Bonchev–Trinajstić information content (AvgIpc) is 3.26. The van der Waals surface area contributed by atoms with Crippen LogP contribution in [0.15, 0.2) is 58.4 Å². The number of benzene rings is 1. The molecule has 0 aliphatic carbocycles. The van der Waals surface area contributed by atoms with Crippen LogP contribution in [0.3, 0.4) is 0 Å². The molecule has 2 atom stereocenters. The van der Waals surface area contributed by atoms with Gasteiger partial charge in [-0.1, -0.05) is 50.3 Å². The van der Waals surface area contributed by atoms with Crippen LogP contribution in [-0.4, -0.2) is 53.2 Å². The van der Waals surface area contributed by atoms with E-state index in [1.54, 1.807) is 20.8 Å². The van der Waals surface area contributed by atoms with Gasteiger partial charge in [0.1, 0.15) is 11.5 Å². The summed E-state index contributed by atoms with van der Waals surface area (Å²) < 4.78 is 69.1. The smallest absolute Gasteiger partial charge is 0.368 e. The molecular weight excluding hydrogens is 535 g/mol. The van der Waals surface area contributed by atoms with Crippen molar-refractivity contribution in [2.45, 2.75) is 65.6 Å². The van der Waals surface area contributed by atoms with Crippen molar-refractivity contribution in [3.8, 4) is 10.4 Å². The Morgan fingerprint density at radius 2 is 1.95 bits per heavy atom. The number of nitrogens with zero attached hydrogens (tertiary/aromatic N) is 3. The van der Waals surface area contributed by atoms with Gasteiger partial charge in [-0.2, -0.15) is 13.2 Å². The summed E-state index contributed by atoms with van der Waals surface area (Å²) in [6.45, 7) is 7.49. The number of allylic oxidation sites excluding steroid dienone is 3. The van der Waals surface area contributed by atoms with Crippen LogP contribution in [0.1, 0.15) is 56.0 Å². The molecule has 1 N–H and O–H groups in total. The number of aromatic nitrogens is 1. The summed E-state index contributed by atoms with van der Waals surface area (Å²) in [6, 6.07) is 8.49. The van der Waals surface area contributed by atoms with Crippen LogP contribution in [0.4, 0.5) is 22.0 Å². The van der Waals surface area contributed by atoms with Crippen LogP contribution >= 0.6 is 11.3 Å². The van der Waals surface area contributed by atoms with Crippen molar-refractivity contribution in [2.75, 3.05) is 13.1 Å². The number of halogens is 5. The Bertz CT molecular complexity index is 1250. The summed E-state index contributed by atoms with van der Waals surface area (Å²) in [6.07, 6.45) is -2.80. The first kappa shape index (κ1) is 30.5. The molecule has 1 aromatic carbocycles. The summed E-state index contributed by atoms with van der Waals surface area (Å²) in [4.78, 5) is 24.0. The number of nitrogens with one attached hydrogen (secondary N) is 1. The molecule has 1 amide bonds. The summed E-state index contributed by atoms with van der Waals surface area (Å²) in [5, 5.41) is 3.68. The maximum absolute atomic E-state index is 14.7. The molecule has 212 valence electrons. The van der Waals surface area contributed by atoms with E-state index in [0.29, 0.717) is 21.9 Å². The van der Waals surface area contributed by atoms with E-state index in [4.69, 9.17) is 0 Å². The van der Waals surface area contributed by atoms with E-state index < -0.39 is 48.5 Å². The van der Waals surface area contributed by atoms with E-state index >= 15 is 0 Å². The predicted octanol–water partition coefficient (Wildman–Crippen LogP) is 7.41. The van der Waals surface area contributed by atoms with E-state index in [0.717, 1.165) is 22.8 Å². The Hall–Kier alpha value is -3.08. The summed E-state index contributed by atoms with van der Waals surface area (Å²) in [5.74, 6) is -4.08. The zero-order valence-electron chi connectivity index (χ0n) is 22.6. The minimum absolute atomic E-state index is 0.0357. The molecule has 2 aromatic rings. The van der Waals surface area contributed by atoms with Crippen molar-refractivity contribution < 1.29 is 26.7 Å². The third-order valence-corrected chi connectivity index (χ3v) is 7.72. The number of thiazole rings is 1. The van der Waals surface area contributed by atoms with E-state index in [1.165, 1.54) is 18.3 Å². The van der Waals surface area contributed by atoms with Crippen LogP contribution in [0.5, 0.6) is 0 Å². The van der Waals surface area contributed by atoms with E-state index in [9.17, 15) is 26.7 Å². The lowest BCUT2D eigenvalue weighted by atomic mass is 9.88. The van der Waals surface area contributed by atoms with Crippen molar-refractivity contribution in [3.63, 3.8) is 0 Å². The lowest BCUT2D eigenvalue weighted by Crippen LogP contribution is -2.58. The molecule has 1 aromatic heterocycles. The maximum atomic E-state index is 14.7. The molecule has 2 unspecified atom stereocenters. The summed E-state index contributed by atoms with van der Waals surface area (Å²) in [5.41, 5.74) is 0.665. The van der Waals surface area contributed by atoms with Crippen LogP contribution in [0.25, 0.3) is 10.4 Å². The highest BCUT2D eigenvalue weighted by molar-refractivity contribution is 7.15. The monoisotopic (exact) mass is 568 g/mol. The molecule has 2 heterocycles. The number of aryl methyl sites for hydroxylation is 1. The zero-order valence-corrected chi connectivity index (χ0v) is 23.4. The number of likely N-dealkylation sites (tertiary alicyclic amines) is 1. The minimum Gasteiger partial charge on any atom is -0.368 e. The number of carbonyl (C=O) groups is 1. The fourth-order valence-electron chi connectivity index (χ4n) is 4.49. The fraction of sp³-hybridized carbons (Fsp3) is 0.464. The van der Waals surface area contributed by atoms with Gasteiger partial charge in [0, 0.05) is 19.2 Å². The highest BCUT2D eigenvalue weighted by Crippen LogP contribution is 2.37. The molecule has 1 fully saturated rings. The highest BCUT2D eigenvalue weighted by atomic mass is 32.1. The number of carbonyl (C=O) groups excluding carboxylic acids is 1. The average molecular weight is 569 g/mol.